The number of hydrogen-bond acceptors (Lipinski definition) is 8. The third-order valence-electron chi connectivity index (χ3n) is 13.5. The first-order valence-corrected chi connectivity index (χ1v) is 22.3. The molecule has 0 aliphatic carbocycles. The summed E-state index contributed by atoms with van der Waals surface area (Å²) in [6.45, 7) is 9.02. The number of rotatable bonds is 9. The summed E-state index contributed by atoms with van der Waals surface area (Å²) < 4.78 is 18.7. The van der Waals surface area contributed by atoms with E-state index < -0.39 is 29.5 Å². The van der Waals surface area contributed by atoms with Gasteiger partial charge < -0.3 is 31.1 Å². The van der Waals surface area contributed by atoms with E-state index in [1.165, 1.54) is 27.6 Å². The Morgan fingerprint density at radius 1 is 0.582 bits per heavy atom. The molecule has 0 spiro atoms. The normalized spacial score (nSPS) is 17.2. The number of nitrogens with zero attached hydrogens (tertiary/aromatic N) is 8. The van der Waals surface area contributed by atoms with Gasteiger partial charge in [-0.05, 0) is 131 Å². The highest BCUT2D eigenvalue weighted by Crippen LogP contribution is 2.39. The van der Waals surface area contributed by atoms with Gasteiger partial charge in [-0.15, -0.1) is 0 Å². The highest BCUT2D eigenvalue weighted by Gasteiger charge is 2.40. The molecule has 6 aromatic rings. The fourth-order valence-electron chi connectivity index (χ4n) is 10.3. The van der Waals surface area contributed by atoms with E-state index in [0.29, 0.717) is 58.8 Å². The summed E-state index contributed by atoms with van der Waals surface area (Å²) in [7, 11) is 0. The van der Waals surface area contributed by atoms with E-state index in [4.69, 9.17) is 11.5 Å². The number of carbonyl (C=O) groups is 6. The minimum atomic E-state index is -0.884. The van der Waals surface area contributed by atoms with Gasteiger partial charge in [0.25, 0.3) is 23.6 Å². The smallest absolute Gasteiger partial charge is 0.277 e. The minimum Gasteiger partial charge on any atom is -0.364 e. The molecule has 0 saturated carbocycles. The Morgan fingerprint density at radius 2 is 1.12 bits per heavy atom. The number of aryl methyl sites for hydroxylation is 4. The number of carbonyl (C=O) groups excluding carboxylic acids is 6. The van der Waals surface area contributed by atoms with Gasteiger partial charge in [-0.25, -0.2) is 13.8 Å². The number of anilines is 4. The van der Waals surface area contributed by atoms with Crippen LogP contribution >= 0.6 is 0 Å². The van der Waals surface area contributed by atoms with Crippen LogP contribution in [-0.4, -0.2) is 81.2 Å². The third-order valence-corrected chi connectivity index (χ3v) is 13.5. The summed E-state index contributed by atoms with van der Waals surface area (Å²) in [4.78, 5) is 87.4. The molecule has 340 valence electrons. The predicted octanol–water partition coefficient (Wildman–Crippen LogP) is 5.68. The van der Waals surface area contributed by atoms with Gasteiger partial charge >= 0.3 is 0 Å². The topological polar surface area (TPSA) is 203 Å². The van der Waals surface area contributed by atoms with Crippen molar-refractivity contribution >= 4 is 58.2 Å². The molecule has 4 aliphatic rings. The molecule has 6 amide bonds. The van der Waals surface area contributed by atoms with Crippen LogP contribution in [0.3, 0.4) is 0 Å². The summed E-state index contributed by atoms with van der Waals surface area (Å²) in [6, 6.07) is 20.8. The number of primary amides is 2. The molecule has 0 bridgehead atoms. The maximum Gasteiger partial charge on any atom is 0.277 e. The third kappa shape index (κ3) is 7.03. The van der Waals surface area contributed by atoms with Crippen LogP contribution in [0.15, 0.2) is 72.8 Å². The lowest BCUT2D eigenvalue weighted by atomic mass is 9.96. The Balaban J connectivity index is 0.919. The first kappa shape index (κ1) is 43.0. The molecule has 4 N–H and O–H groups in total. The van der Waals surface area contributed by atoms with Gasteiger partial charge in [0.05, 0.1) is 17.3 Å². The fourth-order valence-corrected chi connectivity index (χ4v) is 10.3. The lowest BCUT2D eigenvalue weighted by Gasteiger charge is -2.30. The maximum absolute atomic E-state index is 15.9. The maximum atomic E-state index is 15.9. The van der Waals surface area contributed by atoms with Crippen molar-refractivity contribution in [2.45, 2.75) is 65.7 Å². The van der Waals surface area contributed by atoms with E-state index in [2.05, 4.69) is 10.2 Å². The number of aromatic nitrogens is 4. The Morgan fingerprint density at radius 3 is 1.67 bits per heavy atom. The molecule has 2 fully saturated rings. The highest BCUT2D eigenvalue weighted by atomic mass is 19.1. The number of amides is 6. The summed E-state index contributed by atoms with van der Waals surface area (Å²) in [6.07, 6.45) is 2.17. The zero-order valence-corrected chi connectivity index (χ0v) is 37.4. The summed E-state index contributed by atoms with van der Waals surface area (Å²) in [5.41, 5.74) is 19.8. The standard InChI is InChI=1S/C50H47FN10O6/c1-26-7-12-40(27(2)22-26)61-45-35(43(55-61)47(53)64)17-21-59(50(45)67)39-14-10-31(24-29(39)4)57-19-15-33(48(57)65)36-25-32(8-11-37(36)51)60-44-34(42(54-60)46(52)63)16-20-58(49(44)66)38-13-9-30(23-28(38)3)56-18-5-6-41(56)62/h7-14,22-25,33H,5-6,15-21H2,1-4H3,(H2,52,63)(H2,53,64). The number of fused-ring (bicyclic) bond motifs is 2. The predicted molar refractivity (Wildman–Crippen MR) is 248 cm³/mol. The molecule has 4 aliphatic heterocycles. The second-order valence-corrected chi connectivity index (χ2v) is 17.7. The van der Waals surface area contributed by atoms with E-state index in [1.807, 2.05) is 70.2 Å². The van der Waals surface area contributed by atoms with Gasteiger partial charge in [0.2, 0.25) is 11.8 Å². The van der Waals surface area contributed by atoms with Crippen molar-refractivity contribution < 1.29 is 33.2 Å². The molecule has 1 unspecified atom stereocenters. The van der Waals surface area contributed by atoms with Gasteiger partial charge in [-0.3, -0.25) is 28.8 Å². The van der Waals surface area contributed by atoms with Gasteiger partial charge in [-0.1, -0.05) is 17.7 Å². The molecule has 2 aromatic heterocycles. The van der Waals surface area contributed by atoms with E-state index in [9.17, 15) is 28.8 Å². The lowest BCUT2D eigenvalue weighted by Crippen LogP contribution is -2.39. The Labute approximate surface area is 384 Å². The Bertz CT molecular complexity index is 3170. The van der Waals surface area contributed by atoms with E-state index in [-0.39, 0.29) is 84.2 Å². The molecule has 4 aromatic carbocycles. The largest absolute Gasteiger partial charge is 0.364 e. The van der Waals surface area contributed by atoms with Crippen molar-refractivity contribution in [1.29, 1.82) is 0 Å². The molecule has 10 rings (SSSR count). The van der Waals surface area contributed by atoms with Crippen molar-refractivity contribution in [2.24, 2.45) is 11.5 Å². The number of nitrogens with two attached hydrogens (primary N) is 2. The molecule has 0 radical (unpaired) electrons. The molecule has 17 heteroatoms. The summed E-state index contributed by atoms with van der Waals surface area (Å²) in [5, 5.41) is 9.03. The molecule has 67 heavy (non-hydrogen) atoms. The molecule has 6 heterocycles. The minimum absolute atomic E-state index is 0.0535. The van der Waals surface area contributed by atoms with Crippen molar-refractivity contribution in [3.05, 3.63) is 140 Å². The van der Waals surface area contributed by atoms with Crippen LogP contribution in [0.4, 0.5) is 27.1 Å². The van der Waals surface area contributed by atoms with Crippen LogP contribution in [0.2, 0.25) is 0 Å². The molecule has 1 atom stereocenters. The Hall–Kier alpha value is -7.95. The number of halogens is 1. The molecular formula is C50H47FN10O6. The zero-order chi connectivity index (χ0) is 47.2. The molecule has 16 nitrogen and oxygen atoms in total. The van der Waals surface area contributed by atoms with Crippen LogP contribution in [0.25, 0.3) is 11.4 Å². The van der Waals surface area contributed by atoms with Crippen LogP contribution < -0.4 is 31.1 Å². The summed E-state index contributed by atoms with van der Waals surface area (Å²) in [5.74, 6) is -4.09. The van der Waals surface area contributed by atoms with E-state index in [1.54, 1.807) is 31.7 Å². The van der Waals surface area contributed by atoms with Crippen LogP contribution in [-0.2, 0) is 22.4 Å². The first-order valence-electron chi connectivity index (χ1n) is 22.3. The van der Waals surface area contributed by atoms with Gasteiger partial charge in [0.1, 0.15) is 17.2 Å². The molecular weight excluding hydrogens is 856 g/mol. The van der Waals surface area contributed by atoms with Crippen LogP contribution in [0.1, 0.15) is 106 Å². The zero-order valence-electron chi connectivity index (χ0n) is 37.4. The second kappa shape index (κ2) is 16.2. The Kier molecular flexibility index (Phi) is 10.4. The monoisotopic (exact) mass is 902 g/mol. The SMILES string of the molecule is Cc1ccc(-n2nc(C(N)=O)c3c2C(=O)N(c2ccc(N4CCC(c5cc(-n6nc(C(N)=O)c7c6C(=O)N(c6ccc(N8CCCC8=O)cc6C)CC7)ccc5F)C4=O)cc2C)CC3)c(C)c1. The van der Waals surface area contributed by atoms with Gasteiger partial charge in [0, 0.05) is 72.0 Å². The van der Waals surface area contributed by atoms with Gasteiger partial charge in [-0.2, -0.15) is 10.2 Å². The second-order valence-electron chi connectivity index (χ2n) is 17.7. The van der Waals surface area contributed by atoms with Gasteiger partial charge in [0.15, 0.2) is 11.4 Å². The van der Waals surface area contributed by atoms with Crippen molar-refractivity contribution in [3.63, 3.8) is 0 Å². The lowest BCUT2D eigenvalue weighted by molar-refractivity contribution is -0.118. The highest BCUT2D eigenvalue weighted by molar-refractivity contribution is 6.11. The number of hydrogen-bond donors (Lipinski definition) is 2. The van der Waals surface area contributed by atoms with Crippen LogP contribution in [0, 0.1) is 33.5 Å². The van der Waals surface area contributed by atoms with Crippen molar-refractivity contribution in [1.82, 2.24) is 19.6 Å². The van der Waals surface area contributed by atoms with E-state index in [0.717, 1.165) is 28.8 Å². The van der Waals surface area contributed by atoms with Crippen molar-refractivity contribution in [2.75, 3.05) is 45.8 Å². The fraction of sp³-hybridized carbons (Fsp3) is 0.280. The quantitative estimate of drug-likeness (QED) is 0.184. The van der Waals surface area contributed by atoms with Crippen molar-refractivity contribution in [3.8, 4) is 11.4 Å². The first-order chi connectivity index (χ1) is 32.1. The van der Waals surface area contributed by atoms with E-state index >= 15 is 4.39 Å². The average Bonchev–Trinajstić information content (AvgIpc) is 4.09. The molecule has 2 saturated heterocycles. The average molecular weight is 903 g/mol. The van der Waals surface area contributed by atoms with Crippen LogP contribution in [0.5, 0.6) is 0 Å². The summed E-state index contributed by atoms with van der Waals surface area (Å²) >= 11 is 0. The number of benzene rings is 4.